The van der Waals surface area contributed by atoms with Crippen LogP contribution >= 0.6 is 0 Å². The van der Waals surface area contributed by atoms with Gasteiger partial charge in [0, 0.05) is 24.7 Å². The average Bonchev–Trinajstić information content (AvgIpc) is 3.10. The van der Waals surface area contributed by atoms with Gasteiger partial charge in [0.15, 0.2) is 11.5 Å². The van der Waals surface area contributed by atoms with Crippen LogP contribution < -0.4 is 24.4 Å². The maximum Gasteiger partial charge on any atom is 0.229 e. The molecule has 7 heteroatoms. The molecule has 2 heterocycles. The first kappa shape index (κ1) is 19.1. The molecule has 4 rings (SSSR count). The summed E-state index contributed by atoms with van der Waals surface area (Å²) in [4.78, 5) is 27.0. The molecule has 2 aliphatic heterocycles. The molecule has 0 radical (unpaired) electrons. The van der Waals surface area contributed by atoms with Gasteiger partial charge in [-0.15, -0.1) is 0 Å². The third kappa shape index (κ3) is 4.13. The van der Waals surface area contributed by atoms with Crippen molar-refractivity contribution in [2.75, 3.05) is 30.0 Å². The molecule has 0 aromatic heterocycles. The minimum Gasteiger partial charge on any atom is -0.489 e. The van der Waals surface area contributed by atoms with Gasteiger partial charge in [-0.3, -0.25) is 9.59 Å². The van der Waals surface area contributed by atoms with Gasteiger partial charge in [0.05, 0.1) is 17.7 Å². The molecule has 0 aliphatic carbocycles. The van der Waals surface area contributed by atoms with Crippen molar-refractivity contribution in [3.05, 3.63) is 42.5 Å². The number of fused-ring (bicyclic) bond motifs is 1. The summed E-state index contributed by atoms with van der Waals surface area (Å²) in [5.74, 6) is 1.18. The monoisotopic (exact) mass is 396 g/mol. The Bertz CT molecular complexity index is 927. The van der Waals surface area contributed by atoms with Crippen molar-refractivity contribution in [1.82, 2.24) is 0 Å². The van der Waals surface area contributed by atoms with E-state index in [-0.39, 0.29) is 24.3 Å². The Morgan fingerprint density at radius 2 is 1.90 bits per heavy atom. The highest BCUT2D eigenvalue weighted by atomic mass is 16.6. The predicted molar refractivity (Wildman–Crippen MR) is 109 cm³/mol. The van der Waals surface area contributed by atoms with Crippen molar-refractivity contribution in [3.63, 3.8) is 0 Å². The first-order valence-electron chi connectivity index (χ1n) is 9.78. The minimum absolute atomic E-state index is 0.00758. The van der Waals surface area contributed by atoms with Crippen molar-refractivity contribution in [3.8, 4) is 17.2 Å². The van der Waals surface area contributed by atoms with Crippen LogP contribution in [-0.4, -0.2) is 37.7 Å². The van der Waals surface area contributed by atoms with E-state index in [0.29, 0.717) is 48.4 Å². The van der Waals surface area contributed by atoms with Crippen molar-refractivity contribution >= 4 is 23.2 Å². The summed E-state index contributed by atoms with van der Waals surface area (Å²) in [5, 5.41) is 2.91. The lowest BCUT2D eigenvalue weighted by atomic mass is 10.1. The Morgan fingerprint density at radius 3 is 2.69 bits per heavy atom. The Kier molecular flexibility index (Phi) is 5.29. The fraction of sp³-hybridized carbons (Fsp3) is 0.364. The van der Waals surface area contributed by atoms with Crippen LogP contribution in [-0.2, 0) is 9.59 Å². The Labute approximate surface area is 169 Å². The molecule has 0 spiro atoms. The van der Waals surface area contributed by atoms with E-state index in [1.807, 2.05) is 38.1 Å². The number of para-hydroxylation sites is 2. The van der Waals surface area contributed by atoms with E-state index >= 15 is 0 Å². The number of ether oxygens (including phenoxy) is 3. The maximum absolute atomic E-state index is 12.8. The predicted octanol–water partition coefficient (Wildman–Crippen LogP) is 3.24. The molecule has 1 fully saturated rings. The highest BCUT2D eigenvalue weighted by Crippen LogP contribution is 2.36. The molecule has 2 aromatic carbocycles. The zero-order chi connectivity index (χ0) is 20.4. The SMILES string of the molecule is CC(C)Oc1ccccc1NC(=O)C1CC(=O)N(c2ccc3c(c2)OCCO3)C1. The summed E-state index contributed by atoms with van der Waals surface area (Å²) >= 11 is 0. The molecule has 152 valence electrons. The summed E-state index contributed by atoms with van der Waals surface area (Å²) in [6.07, 6.45) is 0.153. The number of carbonyl (C=O) groups excluding carboxylic acids is 2. The van der Waals surface area contributed by atoms with Crippen molar-refractivity contribution < 1.29 is 23.8 Å². The molecular formula is C22H24N2O5. The van der Waals surface area contributed by atoms with Crippen molar-refractivity contribution in [1.29, 1.82) is 0 Å². The summed E-state index contributed by atoms with van der Waals surface area (Å²) in [7, 11) is 0. The fourth-order valence-electron chi connectivity index (χ4n) is 3.49. The number of rotatable bonds is 5. The van der Waals surface area contributed by atoms with Crippen LogP contribution in [0.1, 0.15) is 20.3 Å². The van der Waals surface area contributed by atoms with E-state index in [2.05, 4.69) is 5.32 Å². The third-order valence-corrected chi connectivity index (χ3v) is 4.84. The molecule has 29 heavy (non-hydrogen) atoms. The number of hydrogen-bond donors (Lipinski definition) is 1. The summed E-state index contributed by atoms with van der Waals surface area (Å²) in [6, 6.07) is 12.7. The maximum atomic E-state index is 12.8. The van der Waals surface area contributed by atoms with Crippen LogP contribution in [0.3, 0.4) is 0 Å². The Balaban J connectivity index is 1.46. The Hall–Kier alpha value is -3.22. The number of nitrogens with zero attached hydrogens (tertiary/aromatic N) is 1. The molecule has 1 unspecified atom stereocenters. The molecule has 2 amide bonds. The quantitative estimate of drug-likeness (QED) is 0.840. The van der Waals surface area contributed by atoms with E-state index in [1.165, 1.54) is 0 Å². The lowest BCUT2D eigenvalue weighted by Crippen LogP contribution is -2.28. The smallest absolute Gasteiger partial charge is 0.229 e. The zero-order valence-electron chi connectivity index (χ0n) is 16.5. The van der Waals surface area contributed by atoms with Crippen LogP contribution in [0, 0.1) is 5.92 Å². The minimum atomic E-state index is -0.442. The second-order valence-electron chi connectivity index (χ2n) is 7.39. The average molecular weight is 396 g/mol. The first-order valence-corrected chi connectivity index (χ1v) is 9.78. The topological polar surface area (TPSA) is 77.1 Å². The van der Waals surface area contributed by atoms with Gasteiger partial charge in [0.2, 0.25) is 11.8 Å². The lowest BCUT2D eigenvalue weighted by molar-refractivity contribution is -0.122. The number of carbonyl (C=O) groups is 2. The van der Waals surface area contributed by atoms with E-state index in [4.69, 9.17) is 14.2 Å². The zero-order valence-corrected chi connectivity index (χ0v) is 16.5. The summed E-state index contributed by atoms with van der Waals surface area (Å²) in [6.45, 7) is 5.17. The van der Waals surface area contributed by atoms with Crippen LogP contribution in [0.25, 0.3) is 0 Å². The number of nitrogens with one attached hydrogen (secondary N) is 1. The van der Waals surface area contributed by atoms with Crippen molar-refractivity contribution in [2.24, 2.45) is 5.92 Å². The van der Waals surface area contributed by atoms with Gasteiger partial charge in [-0.2, -0.15) is 0 Å². The fourth-order valence-corrected chi connectivity index (χ4v) is 3.49. The second-order valence-corrected chi connectivity index (χ2v) is 7.39. The number of hydrogen-bond acceptors (Lipinski definition) is 5. The summed E-state index contributed by atoms with van der Waals surface area (Å²) < 4.78 is 16.9. The molecule has 1 atom stereocenters. The van der Waals surface area contributed by atoms with Gasteiger partial charge in [0.1, 0.15) is 19.0 Å². The standard InChI is InChI=1S/C22H24N2O5/c1-14(2)29-18-6-4-3-5-17(18)23-22(26)15-11-21(25)24(13-15)16-7-8-19-20(12-16)28-10-9-27-19/h3-8,12,14-15H,9-11,13H2,1-2H3,(H,23,26). The van der Waals surface area contributed by atoms with Crippen LogP contribution in [0.4, 0.5) is 11.4 Å². The van der Waals surface area contributed by atoms with Crippen LogP contribution in [0.2, 0.25) is 0 Å². The van der Waals surface area contributed by atoms with Crippen LogP contribution in [0.15, 0.2) is 42.5 Å². The van der Waals surface area contributed by atoms with Gasteiger partial charge in [-0.25, -0.2) is 0 Å². The second kappa shape index (κ2) is 8.03. The molecule has 2 aliphatic rings. The molecule has 0 bridgehead atoms. The Morgan fingerprint density at radius 1 is 1.14 bits per heavy atom. The number of anilines is 2. The molecule has 1 saturated heterocycles. The number of benzene rings is 2. The molecule has 7 nitrogen and oxygen atoms in total. The first-order chi connectivity index (χ1) is 14.0. The molecule has 0 saturated carbocycles. The molecule has 2 aromatic rings. The highest BCUT2D eigenvalue weighted by Gasteiger charge is 2.36. The molecule has 1 N–H and O–H groups in total. The van der Waals surface area contributed by atoms with Gasteiger partial charge >= 0.3 is 0 Å². The highest BCUT2D eigenvalue weighted by molar-refractivity contribution is 6.04. The third-order valence-electron chi connectivity index (χ3n) is 4.84. The van der Waals surface area contributed by atoms with E-state index in [9.17, 15) is 9.59 Å². The summed E-state index contributed by atoms with van der Waals surface area (Å²) in [5.41, 5.74) is 1.31. The largest absolute Gasteiger partial charge is 0.489 e. The van der Waals surface area contributed by atoms with Gasteiger partial charge < -0.3 is 24.4 Å². The van der Waals surface area contributed by atoms with Crippen LogP contribution in [0.5, 0.6) is 17.2 Å². The van der Waals surface area contributed by atoms with E-state index in [1.54, 1.807) is 23.1 Å². The van der Waals surface area contributed by atoms with E-state index < -0.39 is 5.92 Å². The van der Waals surface area contributed by atoms with Crippen molar-refractivity contribution in [2.45, 2.75) is 26.4 Å². The molecular weight excluding hydrogens is 372 g/mol. The lowest BCUT2D eigenvalue weighted by Gasteiger charge is -2.22. The normalized spacial score (nSPS) is 18.1. The van der Waals surface area contributed by atoms with E-state index in [0.717, 1.165) is 0 Å². The van der Waals surface area contributed by atoms with Gasteiger partial charge in [-0.1, -0.05) is 12.1 Å². The van der Waals surface area contributed by atoms with Gasteiger partial charge in [0.25, 0.3) is 0 Å². The number of amides is 2. The van der Waals surface area contributed by atoms with Gasteiger partial charge in [-0.05, 0) is 38.1 Å².